The number of sulfonamides is 1. The summed E-state index contributed by atoms with van der Waals surface area (Å²) in [5, 5.41) is 3.49. The summed E-state index contributed by atoms with van der Waals surface area (Å²) in [6, 6.07) is 6.26. The Morgan fingerprint density at radius 2 is 1.75 bits per heavy atom. The van der Waals surface area contributed by atoms with Crippen LogP contribution in [-0.4, -0.2) is 54.1 Å². The van der Waals surface area contributed by atoms with Gasteiger partial charge in [-0.3, -0.25) is 9.59 Å². The molecular formula is C22H26N4O4S2. The van der Waals surface area contributed by atoms with Crippen molar-refractivity contribution in [1.29, 1.82) is 0 Å². The molecule has 0 atom stereocenters. The van der Waals surface area contributed by atoms with Crippen molar-refractivity contribution >= 4 is 38.3 Å². The van der Waals surface area contributed by atoms with E-state index in [0.717, 1.165) is 42.7 Å². The SMILES string of the molecule is O=C(Nc1nc2c(s1)CN(C(=O)c1ccc(S(=O)(=O)N3CCCCC3)cc1)CC2)C1CC1. The lowest BCUT2D eigenvalue weighted by atomic mass is 10.1. The maximum absolute atomic E-state index is 13.0. The normalized spacial score (nSPS) is 19.4. The fraction of sp³-hybridized carbons (Fsp3) is 0.500. The molecule has 0 radical (unpaired) electrons. The molecule has 3 heterocycles. The van der Waals surface area contributed by atoms with E-state index >= 15 is 0 Å². The molecule has 0 spiro atoms. The van der Waals surface area contributed by atoms with Crippen LogP contribution >= 0.6 is 11.3 Å². The molecule has 8 nitrogen and oxygen atoms in total. The van der Waals surface area contributed by atoms with E-state index in [2.05, 4.69) is 10.3 Å². The zero-order valence-corrected chi connectivity index (χ0v) is 19.4. The predicted octanol–water partition coefficient (Wildman–Crippen LogP) is 2.86. The van der Waals surface area contributed by atoms with Crippen molar-refractivity contribution in [2.75, 3.05) is 25.0 Å². The Hall–Kier alpha value is -2.30. The van der Waals surface area contributed by atoms with Gasteiger partial charge in [-0.1, -0.05) is 17.8 Å². The van der Waals surface area contributed by atoms with Gasteiger partial charge in [0, 0.05) is 42.4 Å². The maximum atomic E-state index is 13.0. The van der Waals surface area contributed by atoms with E-state index in [1.165, 1.54) is 27.8 Å². The standard InChI is InChI=1S/C22H26N4O4S2/c27-20(15-4-5-15)24-22-23-18-10-13-25(14-19(18)31-22)21(28)16-6-8-17(9-7-16)32(29,30)26-11-2-1-3-12-26/h6-9,15H,1-5,10-14H2,(H,23,24,27). The number of nitrogens with zero attached hydrogens (tertiary/aromatic N) is 3. The van der Waals surface area contributed by atoms with E-state index in [4.69, 9.17) is 0 Å². The van der Waals surface area contributed by atoms with Gasteiger partial charge in [0.1, 0.15) is 0 Å². The summed E-state index contributed by atoms with van der Waals surface area (Å²) >= 11 is 1.43. The Labute approximate surface area is 191 Å². The van der Waals surface area contributed by atoms with Crippen LogP contribution in [0.4, 0.5) is 5.13 Å². The van der Waals surface area contributed by atoms with Gasteiger partial charge in [0.05, 0.1) is 17.1 Å². The average Bonchev–Trinajstić information content (AvgIpc) is 3.59. The van der Waals surface area contributed by atoms with E-state index in [-0.39, 0.29) is 22.6 Å². The lowest BCUT2D eigenvalue weighted by molar-refractivity contribution is -0.117. The molecule has 2 amide bonds. The summed E-state index contributed by atoms with van der Waals surface area (Å²) in [4.78, 5) is 32.5. The van der Waals surface area contributed by atoms with Crippen molar-refractivity contribution in [3.05, 3.63) is 40.4 Å². The Balaban J connectivity index is 1.26. The number of benzene rings is 1. The van der Waals surface area contributed by atoms with Crippen LogP contribution in [0, 0.1) is 5.92 Å². The molecule has 1 N–H and O–H groups in total. The van der Waals surface area contributed by atoms with Crippen LogP contribution in [0.1, 0.15) is 53.0 Å². The summed E-state index contributed by atoms with van der Waals surface area (Å²) < 4.78 is 27.2. The zero-order chi connectivity index (χ0) is 22.3. The highest BCUT2D eigenvalue weighted by Crippen LogP contribution is 2.33. The smallest absolute Gasteiger partial charge is 0.254 e. The minimum absolute atomic E-state index is 0.0311. The van der Waals surface area contributed by atoms with E-state index in [9.17, 15) is 18.0 Å². The van der Waals surface area contributed by atoms with Crippen LogP contribution in [0.2, 0.25) is 0 Å². The molecular weight excluding hydrogens is 448 g/mol. The number of aromatic nitrogens is 1. The first-order chi connectivity index (χ1) is 15.4. The molecule has 2 aromatic rings. The predicted molar refractivity (Wildman–Crippen MR) is 121 cm³/mol. The van der Waals surface area contributed by atoms with Gasteiger partial charge in [0.25, 0.3) is 5.91 Å². The summed E-state index contributed by atoms with van der Waals surface area (Å²) in [6.45, 7) is 2.09. The van der Waals surface area contributed by atoms with Crippen molar-refractivity contribution in [2.24, 2.45) is 5.92 Å². The number of nitrogens with one attached hydrogen (secondary N) is 1. The first-order valence-corrected chi connectivity index (χ1v) is 13.4. The molecule has 5 rings (SSSR count). The number of rotatable bonds is 5. The van der Waals surface area contributed by atoms with Crippen LogP contribution in [0.25, 0.3) is 0 Å². The van der Waals surface area contributed by atoms with Gasteiger partial charge in [-0.25, -0.2) is 13.4 Å². The molecule has 32 heavy (non-hydrogen) atoms. The molecule has 2 aliphatic heterocycles. The van der Waals surface area contributed by atoms with Crippen LogP contribution in [0.3, 0.4) is 0 Å². The van der Waals surface area contributed by atoms with E-state index in [1.54, 1.807) is 17.0 Å². The molecule has 0 unspecified atom stereocenters. The highest BCUT2D eigenvalue weighted by atomic mass is 32.2. The Morgan fingerprint density at radius 1 is 1.03 bits per heavy atom. The first-order valence-electron chi connectivity index (χ1n) is 11.1. The third-order valence-corrected chi connectivity index (χ3v) is 9.16. The highest BCUT2D eigenvalue weighted by Gasteiger charge is 2.31. The number of carbonyl (C=O) groups is 2. The lowest BCUT2D eigenvalue weighted by Gasteiger charge is -2.27. The summed E-state index contributed by atoms with van der Waals surface area (Å²) in [7, 11) is -3.51. The van der Waals surface area contributed by atoms with Gasteiger partial charge in [-0.15, -0.1) is 0 Å². The summed E-state index contributed by atoms with van der Waals surface area (Å²) in [5.74, 6) is 0.0221. The fourth-order valence-electron chi connectivity index (χ4n) is 4.18. The topological polar surface area (TPSA) is 99.7 Å². The Bertz CT molecular complexity index is 1130. The van der Waals surface area contributed by atoms with Gasteiger partial charge in [-0.05, 0) is 49.9 Å². The lowest BCUT2D eigenvalue weighted by Crippen LogP contribution is -2.36. The monoisotopic (exact) mass is 474 g/mol. The Kier molecular flexibility index (Phi) is 5.77. The molecule has 1 aliphatic carbocycles. The van der Waals surface area contributed by atoms with Crippen molar-refractivity contribution in [2.45, 2.75) is 50.0 Å². The van der Waals surface area contributed by atoms with Gasteiger partial charge in [-0.2, -0.15) is 4.31 Å². The first kappa shape index (κ1) is 21.5. The second-order valence-corrected chi connectivity index (χ2v) is 11.6. The quantitative estimate of drug-likeness (QED) is 0.718. The molecule has 1 saturated carbocycles. The van der Waals surface area contributed by atoms with E-state index < -0.39 is 10.0 Å². The van der Waals surface area contributed by atoms with Gasteiger partial charge in [0.2, 0.25) is 15.9 Å². The molecule has 1 aromatic heterocycles. The van der Waals surface area contributed by atoms with Crippen molar-refractivity contribution in [3.8, 4) is 0 Å². The van der Waals surface area contributed by atoms with Crippen molar-refractivity contribution in [3.63, 3.8) is 0 Å². The van der Waals surface area contributed by atoms with Gasteiger partial charge < -0.3 is 10.2 Å². The van der Waals surface area contributed by atoms with Gasteiger partial charge >= 0.3 is 0 Å². The minimum Gasteiger partial charge on any atom is -0.333 e. The number of amides is 2. The molecule has 2 fully saturated rings. The van der Waals surface area contributed by atoms with Crippen LogP contribution in [-0.2, 0) is 27.8 Å². The largest absolute Gasteiger partial charge is 0.333 e. The Morgan fingerprint density at radius 3 is 2.44 bits per heavy atom. The second kappa shape index (κ2) is 8.57. The molecule has 1 saturated heterocycles. The maximum Gasteiger partial charge on any atom is 0.254 e. The number of hydrogen-bond acceptors (Lipinski definition) is 6. The second-order valence-electron chi connectivity index (χ2n) is 8.62. The summed E-state index contributed by atoms with van der Waals surface area (Å²) in [5.41, 5.74) is 1.41. The average molecular weight is 475 g/mol. The van der Waals surface area contributed by atoms with Crippen LogP contribution in [0.15, 0.2) is 29.2 Å². The third kappa shape index (κ3) is 4.31. The number of carbonyl (C=O) groups excluding carboxylic acids is 2. The zero-order valence-electron chi connectivity index (χ0n) is 17.7. The van der Waals surface area contributed by atoms with Crippen LogP contribution in [0.5, 0.6) is 0 Å². The minimum atomic E-state index is -3.51. The number of piperidine rings is 1. The molecule has 0 bridgehead atoms. The number of anilines is 1. The van der Waals surface area contributed by atoms with E-state index in [0.29, 0.717) is 43.3 Å². The third-order valence-electron chi connectivity index (χ3n) is 6.25. The fourth-order valence-corrected chi connectivity index (χ4v) is 6.73. The van der Waals surface area contributed by atoms with Crippen molar-refractivity contribution < 1.29 is 18.0 Å². The number of thiazole rings is 1. The number of fused-ring (bicyclic) bond motifs is 1. The summed E-state index contributed by atoms with van der Waals surface area (Å²) in [6.07, 6.45) is 5.35. The molecule has 1 aromatic carbocycles. The van der Waals surface area contributed by atoms with E-state index in [1.807, 2.05) is 0 Å². The van der Waals surface area contributed by atoms with Crippen LogP contribution < -0.4 is 5.32 Å². The number of hydrogen-bond donors (Lipinski definition) is 1. The van der Waals surface area contributed by atoms with Crippen molar-refractivity contribution in [1.82, 2.24) is 14.2 Å². The molecule has 3 aliphatic rings. The molecule has 10 heteroatoms. The molecule has 170 valence electrons. The highest BCUT2D eigenvalue weighted by molar-refractivity contribution is 7.89. The van der Waals surface area contributed by atoms with Gasteiger partial charge in [0.15, 0.2) is 5.13 Å².